The molecule has 6 heteroatoms. The largest absolute Gasteiger partial charge is 0.355 e. The van der Waals surface area contributed by atoms with Crippen LogP contribution in [0.25, 0.3) is 0 Å². The van der Waals surface area contributed by atoms with Crippen LogP contribution in [0.2, 0.25) is 0 Å². The number of rotatable bonds is 4. The molecule has 1 aromatic heterocycles. The van der Waals surface area contributed by atoms with Gasteiger partial charge in [0.1, 0.15) is 5.69 Å². The van der Waals surface area contributed by atoms with Gasteiger partial charge in [-0.1, -0.05) is 6.07 Å². The third-order valence-corrected chi connectivity index (χ3v) is 3.54. The van der Waals surface area contributed by atoms with Crippen molar-refractivity contribution in [2.45, 2.75) is 0 Å². The maximum atomic E-state index is 12.4. The van der Waals surface area contributed by atoms with Gasteiger partial charge in [-0.2, -0.15) is 10.5 Å². The second-order valence-electron chi connectivity index (χ2n) is 5.39. The summed E-state index contributed by atoms with van der Waals surface area (Å²) < 4.78 is 0. The van der Waals surface area contributed by atoms with Crippen LogP contribution in [-0.4, -0.2) is 10.9 Å². The molecule has 124 valence electrons. The predicted molar refractivity (Wildman–Crippen MR) is 97.8 cm³/mol. The highest BCUT2D eigenvalue weighted by atomic mass is 16.1. The van der Waals surface area contributed by atoms with Crippen molar-refractivity contribution in [1.29, 1.82) is 10.5 Å². The van der Waals surface area contributed by atoms with Gasteiger partial charge in [0.15, 0.2) is 0 Å². The van der Waals surface area contributed by atoms with Crippen molar-refractivity contribution >= 4 is 23.0 Å². The van der Waals surface area contributed by atoms with E-state index in [2.05, 4.69) is 21.7 Å². The van der Waals surface area contributed by atoms with Crippen LogP contribution in [0.5, 0.6) is 0 Å². The van der Waals surface area contributed by atoms with Crippen molar-refractivity contribution in [3.05, 3.63) is 83.7 Å². The molecule has 2 N–H and O–H groups in total. The monoisotopic (exact) mass is 339 g/mol. The van der Waals surface area contributed by atoms with E-state index in [1.54, 1.807) is 60.7 Å². The second-order valence-corrected chi connectivity index (χ2v) is 5.39. The molecule has 1 heterocycles. The molecule has 3 rings (SSSR count). The summed E-state index contributed by atoms with van der Waals surface area (Å²) in [5.41, 5.74) is 3.30. The molecular formula is C20H13N5O. The lowest BCUT2D eigenvalue weighted by atomic mass is 10.2. The van der Waals surface area contributed by atoms with Gasteiger partial charge in [-0.05, 0) is 54.6 Å². The van der Waals surface area contributed by atoms with Gasteiger partial charge in [0.05, 0.1) is 23.3 Å². The van der Waals surface area contributed by atoms with Gasteiger partial charge in [-0.15, -0.1) is 0 Å². The quantitative estimate of drug-likeness (QED) is 0.752. The Bertz CT molecular complexity index is 1030. The van der Waals surface area contributed by atoms with Crippen molar-refractivity contribution < 1.29 is 4.79 Å². The molecule has 0 unspecified atom stereocenters. The Morgan fingerprint density at radius 3 is 2.35 bits per heavy atom. The van der Waals surface area contributed by atoms with E-state index in [0.29, 0.717) is 22.5 Å². The normalized spacial score (nSPS) is 9.62. The van der Waals surface area contributed by atoms with Gasteiger partial charge in [0, 0.05) is 23.3 Å². The summed E-state index contributed by atoms with van der Waals surface area (Å²) in [6.07, 6.45) is 1.53. The lowest BCUT2D eigenvalue weighted by molar-refractivity contribution is 0.102. The van der Waals surface area contributed by atoms with Gasteiger partial charge >= 0.3 is 0 Å². The molecule has 2 aromatic carbocycles. The first-order chi connectivity index (χ1) is 12.7. The first kappa shape index (κ1) is 16.7. The summed E-state index contributed by atoms with van der Waals surface area (Å²) in [5, 5.41) is 23.6. The summed E-state index contributed by atoms with van der Waals surface area (Å²) in [4.78, 5) is 16.5. The molecule has 0 aliphatic heterocycles. The number of anilines is 3. The van der Waals surface area contributed by atoms with Crippen LogP contribution < -0.4 is 10.6 Å². The highest BCUT2D eigenvalue weighted by Crippen LogP contribution is 2.18. The molecule has 6 nitrogen and oxygen atoms in total. The van der Waals surface area contributed by atoms with Crippen molar-refractivity contribution in [3.8, 4) is 12.1 Å². The molecule has 0 radical (unpaired) electrons. The molecular weight excluding hydrogens is 326 g/mol. The lowest BCUT2D eigenvalue weighted by Gasteiger charge is -2.09. The molecule has 0 aliphatic carbocycles. The number of carbonyl (C=O) groups is 1. The number of nitrogens with zero attached hydrogens (tertiary/aromatic N) is 3. The van der Waals surface area contributed by atoms with E-state index in [9.17, 15) is 4.79 Å². The summed E-state index contributed by atoms with van der Waals surface area (Å²) in [7, 11) is 0. The van der Waals surface area contributed by atoms with Gasteiger partial charge in [-0.25, -0.2) is 0 Å². The Morgan fingerprint density at radius 1 is 0.846 bits per heavy atom. The Balaban J connectivity index is 1.74. The lowest BCUT2D eigenvalue weighted by Crippen LogP contribution is -2.13. The maximum Gasteiger partial charge on any atom is 0.274 e. The standard InChI is InChI=1S/C20H13N5O/c21-12-14-4-6-16(7-5-14)24-18-8-9-23-19(11-18)20(26)25-17-3-1-2-15(10-17)13-22/h1-11H,(H,23,24)(H,25,26). The summed E-state index contributed by atoms with van der Waals surface area (Å²) in [5.74, 6) is -0.372. The van der Waals surface area contributed by atoms with E-state index in [0.717, 1.165) is 5.69 Å². The van der Waals surface area contributed by atoms with Crippen LogP contribution in [0.3, 0.4) is 0 Å². The minimum absolute atomic E-state index is 0.242. The van der Waals surface area contributed by atoms with Gasteiger partial charge < -0.3 is 10.6 Å². The van der Waals surface area contributed by atoms with Gasteiger partial charge in [-0.3, -0.25) is 9.78 Å². The smallest absolute Gasteiger partial charge is 0.274 e. The molecule has 0 spiro atoms. The summed E-state index contributed by atoms with van der Waals surface area (Å²) >= 11 is 0. The van der Waals surface area contributed by atoms with Crippen molar-refractivity contribution in [2.24, 2.45) is 0 Å². The summed E-state index contributed by atoms with van der Waals surface area (Å²) in [6, 6.07) is 21.1. The number of nitriles is 2. The zero-order chi connectivity index (χ0) is 18.4. The number of benzene rings is 2. The van der Waals surface area contributed by atoms with E-state index in [1.165, 1.54) is 6.20 Å². The van der Waals surface area contributed by atoms with Crippen LogP contribution in [0.15, 0.2) is 66.9 Å². The fourth-order valence-electron chi connectivity index (χ4n) is 2.29. The third kappa shape index (κ3) is 4.02. The zero-order valence-corrected chi connectivity index (χ0v) is 13.6. The minimum Gasteiger partial charge on any atom is -0.355 e. The number of hydrogen-bond donors (Lipinski definition) is 2. The molecule has 0 bridgehead atoms. The fourth-order valence-corrected chi connectivity index (χ4v) is 2.29. The van der Waals surface area contributed by atoms with Crippen molar-refractivity contribution in [2.75, 3.05) is 10.6 Å². The van der Waals surface area contributed by atoms with Crippen molar-refractivity contribution in [1.82, 2.24) is 4.98 Å². The van der Waals surface area contributed by atoms with Crippen LogP contribution >= 0.6 is 0 Å². The van der Waals surface area contributed by atoms with E-state index in [4.69, 9.17) is 10.5 Å². The molecule has 0 saturated carbocycles. The highest BCUT2D eigenvalue weighted by Gasteiger charge is 2.09. The van der Waals surface area contributed by atoms with E-state index in [1.807, 2.05) is 6.07 Å². The number of pyridine rings is 1. The van der Waals surface area contributed by atoms with E-state index in [-0.39, 0.29) is 11.6 Å². The molecule has 0 atom stereocenters. The number of nitrogens with one attached hydrogen (secondary N) is 2. The first-order valence-corrected chi connectivity index (χ1v) is 7.73. The first-order valence-electron chi connectivity index (χ1n) is 7.73. The Morgan fingerprint density at radius 2 is 1.62 bits per heavy atom. The molecule has 3 aromatic rings. The molecule has 1 amide bonds. The zero-order valence-electron chi connectivity index (χ0n) is 13.6. The molecule has 0 aliphatic rings. The maximum absolute atomic E-state index is 12.4. The summed E-state index contributed by atoms with van der Waals surface area (Å²) in [6.45, 7) is 0. The number of amides is 1. The van der Waals surface area contributed by atoms with E-state index < -0.39 is 0 Å². The van der Waals surface area contributed by atoms with Crippen LogP contribution in [0, 0.1) is 22.7 Å². The SMILES string of the molecule is N#Cc1ccc(Nc2ccnc(C(=O)Nc3cccc(C#N)c3)c2)cc1. The Labute approximate surface area is 150 Å². The average molecular weight is 339 g/mol. The average Bonchev–Trinajstić information content (AvgIpc) is 2.69. The van der Waals surface area contributed by atoms with Gasteiger partial charge in [0.2, 0.25) is 0 Å². The topological polar surface area (TPSA) is 102 Å². The number of hydrogen-bond acceptors (Lipinski definition) is 5. The fraction of sp³-hybridized carbons (Fsp3) is 0. The van der Waals surface area contributed by atoms with Gasteiger partial charge in [0.25, 0.3) is 5.91 Å². The number of aromatic nitrogens is 1. The number of carbonyl (C=O) groups excluding carboxylic acids is 1. The third-order valence-electron chi connectivity index (χ3n) is 3.54. The minimum atomic E-state index is -0.372. The van der Waals surface area contributed by atoms with Crippen LogP contribution in [0.4, 0.5) is 17.1 Å². The Kier molecular flexibility index (Phi) is 4.88. The second kappa shape index (κ2) is 7.61. The van der Waals surface area contributed by atoms with Crippen LogP contribution in [-0.2, 0) is 0 Å². The van der Waals surface area contributed by atoms with E-state index >= 15 is 0 Å². The Hall–Kier alpha value is -4.16. The molecule has 0 fully saturated rings. The molecule has 0 saturated heterocycles. The van der Waals surface area contributed by atoms with Crippen LogP contribution in [0.1, 0.15) is 21.6 Å². The predicted octanol–water partition coefficient (Wildman–Crippen LogP) is 3.82. The molecule has 26 heavy (non-hydrogen) atoms. The highest BCUT2D eigenvalue weighted by molar-refractivity contribution is 6.03. The van der Waals surface area contributed by atoms with Crippen molar-refractivity contribution in [3.63, 3.8) is 0 Å².